The zero-order valence-corrected chi connectivity index (χ0v) is 18.0. The second-order valence-electron chi connectivity index (χ2n) is 7.52. The third kappa shape index (κ3) is 9.66. The molecule has 0 saturated heterocycles. The van der Waals surface area contributed by atoms with E-state index in [9.17, 15) is 24.0 Å². The molecule has 0 radical (unpaired) electrons. The van der Waals surface area contributed by atoms with Crippen LogP contribution in [0.25, 0.3) is 0 Å². The topological polar surface area (TPSA) is 189 Å². The Morgan fingerprint density at radius 2 is 1.64 bits per heavy atom. The van der Waals surface area contributed by atoms with Gasteiger partial charge in [0.15, 0.2) is 6.10 Å². The molecule has 0 unspecified atom stereocenters. The highest BCUT2D eigenvalue weighted by molar-refractivity contribution is 5.92. The summed E-state index contributed by atoms with van der Waals surface area (Å²) in [7, 11) is 0. The zero-order valence-electron chi connectivity index (χ0n) is 18.0. The van der Waals surface area contributed by atoms with E-state index >= 15 is 0 Å². The molecular weight excluding hydrogens is 434 g/mol. The van der Waals surface area contributed by atoms with Crippen molar-refractivity contribution < 1.29 is 33.8 Å². The van der Waals surface area contributed by atoms with E-state index < -0.39 is 48.3 Å². The van der Waals surface area contributed by atoms with Crippen LogP contribution in [0.4, 0.5) is 0 Å². The molecule has 33 heavy (non-hydrogen) atoms. The summed E-state index contributed by atoms with van der Waals surface area (Å²) in [6.07, 6.45) is 0.733. The van der Waals surface area contributed by atoms with Crippen molar-refractivity contribution in [1.29, 1.82) is 0 Å². The van der Waals surface area contributed by atoms with Gasteiger partial charge >= 0.3 is 5.97 Å². The van der Waals surface area contributed by atoms with Crippen LogP contribution < -0.4 is 27.0 Å². The van der Waals surface area contributed by atoms with Crippen molar-refractivity contribution in [2.24, 2.45) is 11.7 Å². The molecule has 12 nitrogen and oxygen atoms in total. The van der Waals surface area contributed by atoms with Gasteiger partial charge in [0.05, 0.1) is 19.6 Å². The van der Waals surface area contributed by atoms with Crippen molar-refractivity contribution in [3.63, 3.8) is 0 Å². The fourth-order valence-electron chi connectivity index (χ4n) is 2.93. The molecule has 0 heterocycles. The third-order valence-electron chi connectivity index (χ3n) is 4.81. The number of carboxylic acids is 1. The van der Waals surface area contributed by atoms with Gasteiger partial charge in [-0.3, -0.25) is 19.2 Å². The second-order valence-corrected chi connectivity index (χ2v) is 7.52. The SMILES string of the molecule is NCC(=O)NCC(=O)N[C@@H](Cc1ccccc1)C(=O)NCC(=O)NCO[C@H](C(=O)O)C1CC1. The van der Waals surface area contributed by atoms with Crippen molar-refractivity contribution >= 4 is 29.6 Å². The van der Waals surface area contributed by atoms with Crippen LogP contribution in [0.15, 0.2) is 30.3 Å². The molecule has 1 saturated carbocycles. The van der Waals surface area contributed by atoms with Gasteiger partial charge in [0.1, 0.15) is 12.8 Å². The molecule has 0 aromatic heterocycles. The molecule has 0 bridgehead atoms. The van der Waals surface area contributed by atoms with Gasteiger partial charge in [-0.05, 0) is 24.3 Å². The number of aliphatic carboxylic acids is 1. The van der Waals surface area contributed by atoms with Crippen LogP contribution in [0.3, 0.4) is 0 Å². The van der Waals surface area contributed by atoms with Crippen LogP contribution in [0.2, 0.25) is 0 Å². The van der Waals surface area contributed by atoms with Gasteiger partial charge in [0.2, 0.25) is 23.6 Å². The van der Waals surface area contributed by atoms with Crippen molar-refractivity contribution in [2.75, 3.05) is 26.4 Å². The third-order valence-corrected chi connectivity index (χ3v) is 4.81. The Morgan fingerprint density at radius 3 is 2.24 bits per heavy atom. The maximum absolute atomic E-state index is 12.6. The molecule has 1 aromatic rings. The van der Waals surface area contributed by atoms with E-state index in [2.05, 4.69) is 21.3 Å². The molecule has 0 spiro atoms. The van der Waals surface area contributed by atoms with Crippen LogP contribution in [0, 0.1) is 5.92 Å². The number of carbonyl (C=O) groups excluding carboxylic acids is 4. The Bertz CT molecular complexity index is 845. The number of carboxylic acid groups (broad SMARTS) is 1. The summed E-state index contributed by atoms with van der Waals surface area (Å²) in [5.41, 5.74) is 5.96. The lowest BCUT2D eigenvalue weighted by Gasteiger charge is -2.19. The number of nitrogens with one attached hydrogen (secondary N) is 4. The van der Waals surface area contributed by atoms with Crippen LogP contribution in [0.1, 0.15) is 18.4 Å². The van der Waals surface area contributed by atoms with Crippen LogP contribution in [-0.4, -0.2) is 73.2 Å². The van der Waals surface area contributed by atoms with Gasteiger partial charge in [-0.15, -0.1) is 0 Å². The van der Waals surface area contributed by atoms with Gasteiger partial charge < -0.3 is 36.8 Å². The molecule has 180 valence electrons. The first-order valence-corrected chi connectivity index (χ1v) is 10.5. The molecule has 12 heteroatoms. The minimum absolute atomic E-state index is 0.0453. The summed E-state index contributed by atoms with van der Waals surface area (Å²) in [6, 6.07) is 7.95. The molecular formula is C21H29N5O7. The number of rotatable bonds is 14. The fraction of sp³-hybridized carbons (Fsp3) is 0.476. The number of hydrogen-bond donors (Lipinski definition) is 6. The minimum Gasteiger partial charge on any atom is -0.479 e. The summed E-state index contributed by atoms with van der Waals surface area (Å²) >= 11 is 0. The maximum atomic E-state index is 12.6. The van der Waals surface area contributed by atoms with E-state index in [1.165, 1.54) is 0 Å². The Morgan fingerprint density at radius 1 is 0.970 bits per heavy atom. The number of carbonyl (C=O) groups is 5. The average Bonchev–Trinajstić information content (AvgIpc) is 3.63. The highest BCUT2D eigenvalue weighted by atomic mass is 16.5. The van der Waals surface area contributed by atoms with Crippen molar-refractivity contribution in [1.82, 2.24) is 21.3 Å². The van der Waals surface area contributed by atoms with Crippen molar-refractivity contribution in [3.05, 3.63) is 35.9 Å². The molecule has 1 aromatic carbocycles. The summed E-state index contributed by atoms with van der Waals surface area (Å²) in [5.74, 6) is -3.41. The van der Waals surface area contributed by atoms with Crippen LogP contribution in [0.5, 0.6) is 0 Å². The standard InChI is InChI=1S/C21H29N5O7/c22-9-16(27)23-11-18(29)26-15(8-13-4-2-1-3-5-13)20(30)24-10-17(28)25-12-33-19(21(31)32)14-6-7-14/h1-5,14-15,19H,6-12,22H2,(H,23,27)(H,24,30)(H,25,28)(H,26,29)(H,31,32)/t15-,19-/m0/s1. The first-order chi connectivity index (χ1) is 15.8. The minimum atomic E-state index is -1.08. The largest absolute Gasteiger partial charge is 0.479 e. The smallest absolute Gasteiger partial charge is 0.333 e. The van der Waals surface area contributed by atoms with Crippen molar-refractivity contribution in [2.45, 2.75) is 31.4 Å². The number of ether oxygens (including phenoxy) is 1. The van der Waals surface area contributed by atoms with Crippen LogP contribution >= 0.6 is 0 Å². The predicted molar refractivity (Wildman–Crippen MR) is 115 cm³/mol. The van der Waals surface area contributed by atoms with Gasteiger partial charge in [0.25, 0.3) is 0 Å². The van der Waals surface area contributed by atoms with E-state index in [1.807, 2.05) is 6.07 Å². The Balaban J connectivity index is 1.83. The van der Waals surface area contributed by atoms with E-state index in [0.29, 0.717) is 0 Å². The predicted octanol–water partition coefficient (Wildman–Crippen LogP) is -2.14. The molecule has 2 atom stereocenters. The Hall–Kier alpha value is -3.51. The van der Waals surface area contributed by atoms with Gasteiger partial charge in [-0.25, -0.2) is 4.79 Å². The number of benzene rings is 1. The Labute approximate surface area is 190 Å². The highest BCUT2D eigenvalue weighted by Gasteiger charge is 2.37. The quantitative estimate of drug-likeness (QED) is 0.168. The van der Waals surface area contributed by atoms with E-state index in [1.54, 1.807) is 24.3 Å². The molecule has 1 aliphatic rings. The van der Waals surface area contributed by atoms with E-state index in [-0.39, 0.29) is 32.2 Å². The summed E-state index contributed by atoms with van der Waals surface area (Å²) in [4.78, 5) is 59.1. The lowest BCUT2D eigenvalue weighted by atomic mass is 10.1. The number of nitrogens with two attached hydrogens (primary N) is 1. The van der Waals surface area contributed by atoms with Crippen LogP contribution in [-0.2, 0) is 35.1 Å². The molecule has 4 amide bonds. The maximum Gasteiger partial charge on any atom is 0.333 e. The van der Waals surface area contributed by atoms with Gasteiger partial charge in [0, 0.05) is 6.42 Å². The lowest BCUT2D eigenvalue weighted by molar-refractivity contribution is -0.153. The summed E-state index contributed by atoms with van der Waals surface area (Å²) < 4.78 is 5.19. The zero-order chi connectivity index (χ0) is 24.2. The Kier molecular flexibility index (Phi) is 10.2. The van der Waals surface area contributed by atoms with Crippen molar-refractivity contribution in [3.8, 4) is 0 Å². The molecule has 7 N–H and O–H groups in total. The number of hydrogen-bond acceptors (Lipinski definition) is 7. The van der Waals surface area contributed by atoms with E-state index in [4.69, 9.17) is 15.6 Å². The van der Waals surface area contributed by atoms with E-state index in [0.717, 1.165) is 18.4 Å². The molecule has 1 aliphatic carbocycles. The first kappa shape index (κ1) is 25.7. The average molecular weight is 463 g/mol. The normalized spacial score (nSPS) is 14.5. The summed E-state index contributed by atoms with van der Waals surface area (Å²) in [6.45, 7) is -1.31. The monoisotopic (exact) mass is 463 g/mol. The number of amides is 4. The second kappa shape index (κ2) is 13.1. The highest BCUT2D eigenvalue weighted by Crippen LogP contribution is 2.34. The van der Waals surface area contributed by atoms with Gasteiger partial charge in [-0.1, -0.05) is 30.3 Å². The lowest BCUT2D eigenvalue weighted by Crippen LogP contribution is -2.52. The first-order valence-electron chi connectivity index (χ1n) is 10.5. The fourth-order valence-corrected chi connectivity index (χ4v) is 2.93. The van der Waals surface area contributed by atoms with Gasteiger partial charge in [-0.2, -0.15) is 0 Å². The summed E-state index contributed by atoms with van der Waals surface area (Å²) in [5, 5.41) is 18.8. The molecule has 1 fully saturated rings. The molecule has 0 aliphatic heterocycles. The molecule has 2 rings (SSSR count).